The van der Waals surface area contributed by atoms with Crippen molar-refractivity contribution < 1.29 is 42.3 Å². The van der Waals surface area contributed by atoms with E-state index in [1.807, 2.05) is 0 Å². The van der Waals surface area contributed by atoms with Gasteiger partial charge >= 0.3 is 17.9 Å². The second-order valence-electron chi connectivity index (χ2n) is 7.85. The number of unbranched alkanes of at least 4 members (excludes halogenated alkanes) is 11. The fourth-order valence-corrected chi connectivity index (χ4v) is 3.53. The lowest BCUT2D eigenvalue weighted by atomic mass is 10.1. The number of aliphatic carboxylic acids is 2. The summed E-state index contributed by atoms with van der Waals surface area (Å²) >= 11 is 0. The highest BCUT2D eigenvalue weighted by atomic mass is 32.2. The van der Waals surface area contributed by atoms with Crippen LogP contribution < -0.4 is 0 Å². The van der Waals surface area contributed by atoms with Gasteiger partial charge in [-0.25, -0.2) is 0 Å². The average molecular weight is 495 g/mol. The largest absolute Gasteiger partial charge is 0.481 e. The Morgan fingerprint density at radius 3 is 1.64 bits per heavy atom. The molecule has 0 aliphatic heterocycles. The van der Waals surface area contributed by atoms with Crippen molar-refractivity contribution in [3.63, 3.8) is 0 Å². The molecule has 0 saturated heterocycles. The van der Waals surface area contributed by atoms with E-state index in [2.05, 4.69) is 23.8 Å². The first-order valence-electron chi connectivity index (χ1n) is 11.7. The van der Waals surface area contributed by atoms with Gasteiger partial charge in [0.1, 0.15) is 0 Å². The predicted octanol–water partition coefficient (Wildman–Crippen LogP) is 5.00. The van der Waals surface area contributed by atoms with E-state index in [4.69, 9.17) is 14.8 Å². The van der Waals surface area contributed by atoms with Crippen LogP contribution in [0, 0.1) is 0 Å². The number of carbonyl (C=O) groups is 3. The van der Waals surface area contributed by atoms with E-state index >= 15 is 0 Å². The van der Waals surface area contributed by atoms with Crippen molar-refractivity contribution in [1.29, 1.82) is 0 Å². The van der Waals surface area contributed by atoms with Gasteiger partial charge in [0.2, 0.25) is 0 Å². The maximum absolute atomic E-state index is 10.9. The third-order valence-electron chi connectivity index (χ3n) is 4.87. The number of carboxylic acids is 2. The lowest BCUT2D eigenvalue weighted by Crippen LogP contribution is -2.31. The van der Waals surface area contributed by atoms with Crippen LogP contribution in [0.4, 0.5) is 0 Å². The molecule has 0 saturated carbocycles. The molecule has 0 aliphatic carbocycles. The highest BCUT2D eigenvalue weighted by molar-refractivity contribution is 7.87. The summed E-state index contributed by atoms with van der Waals surface area (Å²) in [5.41, 5.74) is 0. The van der Waals surface area contributed by atoms with Crippen molar-refractivity contribution in [3.8, 4) is 0 Å². The maximum atomic E-state index is 10.9. The molecule has 0 heterocycles. The lowest BCUT2D eigenvalue weighted by Gasteiger charge is -2.04. The van der Waals surface area contributed by atoms with Gasteiger partial charge in [-0.05, 0) is 32.1 Å². The van der Waals surface area contributed by atoms with E-state index in [1.165, 1.54) is 77.7 Å². The molecule has 9 nitrogen and oxygen atoms in total. The first kappa shape index (κ1) is 33.2. The van der Waals surface area contributed by atoms with Gasteiger partial charge in [0, 0.05) is 6.42 Å². The van der Waals surface area contributed by atoms with Crippen molar-refractivity contribution in [1.82, 2.24) is 0 Å². The Morgan fingerprint density at radius 2 is 1.27 bits per heavy atom. The summed E-state index contributed by atoms with van der Waals surface area (Å²) in [6.07, 6.45) is 20.8. The Bertz CT molecular complexity index is 657. The third-order valence-corrected chi connectivity index (χ3v) is 5.95. The van der Waals surface area contributed by atoms with Crippen LogP contribution in [-0.4, -0.2) is 53.5 Å². The highest BCUT2D eigenvalue weighted by Crippen LogP contribution is 2.10. The molecule has 0 fully saturated rings. The minimum absolute atomic E-state index is 0.0763. The highest BCUT2D eigenvalue weighted by Gasteiger charge is 2.33. The molecular weight excluding hydrogens is 452 g/mol. The number of ether oxygens (including phenoxy) is 1. The summed E-state index contributed by atoms with van der Waals surface area (Å²) in [7, 11) is -3.38. The van der Waals surface area contributed by atoms with Crippen molar-refractivity contribution in [2.45, 2.75) is 108 Å². The number of methoxy groups -OCH3 is 1. The van der Waals surface area contributed by atoms with E-state index in [0.717, 1.165) is 12.8 Å². The molecule has 0 amide bonds. The van der Waals surface area contributed by atoms with Gasteiger partial charge in [-0.3, -0.25) is 18.9 Å². The molecule has 194 valence electrons. The number of esters is 1. The van der Waals surface area contributed by atoms with Crippen LogP contribution in [0.2, 0.25) is 0 Å². The van der Waals surface area contributed by atoms with Gasteiger partial charge in [0.05, 0.1) is 13.5 Å². The molecule has 3 N–H and O–H groups in total. The molecule has 1 unspecified atom stereocenters. The van der Waals surface area contributed by atoms with Crippen molar-refractivity contribution in [2.24, 2.45) is 0 Å². The number of carboxylic acid groups (broad SMARTS) is 2. The van der Waals surface area contributed by atoms with Crippen LogP contribution in [0.5, 0.6) is 0 Å². The third kappa shape index (κ3) is 24.5. The molecule has 0 rings (SSSR count). The zero-order chi connectivity index (χ0) is 25.5. The van der Waals surface area contributed by atoms with Gasteiger partial charge < -0.3 is 14.9 Å². The Labute approximate surface area is 198 Å². The van der Waals surface area contributed by atoms with Gasteiger partial charge in [-0.2, -0.15) is 8.42 Å². The zero-order valence-electron chi connectivity index (χ0n) is 20.0. The second-order valence-corrected chi connectivity index (χ2v) is 9.45. The van der Waals surface area contributed by atoms with Gasteiger partial charge in [-0.1, -0.05) is 70.4 Å². The molecule has 0 aromatic rings. The van der Waals surface area contributed by atoms with Crippen molar-refractivity contribution >= 4 is 28.0 Å². The first-order chi connectivity index (χ1) is 15.6. The first-order valence-corrected chi connectivity index (χ1v) is 13.2. The molecule has 33 heavy (non-hydrogen) atoms. The van der Waals surface area contributed by atoms with Crippen LogP contribution in [0.3, 0.4) is 0 Å². The summed E-state index contributed by atoms with van der Waals surface area (Å²) in [6.45, 7) is 2.27. The standard InChI is InChI=1S/C19H36O2.C4H6O7S/c1-3-4-5-6-7-8-9-10-11-12-13-14-15-16-17-18-19(20)21-2;5-3(6)1-2(4(7)8)12(9,10)11/h10-11H,3-9,12-18H2,1-2H3;2H,1H2,(H,5,6)(H,7,8)(H,9,10,11)/b11-10-;. The number of carbonyl (C=O) groups excluding carboxylic acids is 1. The molecule has 0 spiro atoms. The van der Waals surface area contributed by atoms with E-state index < -0.39 is 33.7 Å². The van der Waals surface area contributed by atoms with Crippen LogP contribution in [0.25, 0.3) is 0 Å². The molecule has 0 radical (unpaired) electrons. The predicted molar refractivity (Wildman–Crippen MR) is 127 cm³/mol. The number of rotatable bonds is 19. The monoisotopic (exact) mass is 494 g/mol. The van der Waals surface area contributed by atoms with E-state index in [0.29, 0.717) is 6.42 Å². The average Bonchev–Trinajstić information content (AvgIpc) is 2.74. The smallest absolute Gasteiger partial charge is 0.325 e. The Morgan fingerprint density at radius 1 is 0.818 bits per heavy atom. The van der Waals surface area contributed by atoms with E-state index in [9.17, 15) is 22.8 Å². The summed E-state index contributed by atoms with van der Waals surface area (Å²) in [6, 6.07) is 0. The summed E-state index contributed by atoms with van der Waals surface area (Å²) in [5.74, 6) is -3.58. The number of hydrogen-bond donors (Lipinski definition) is 3. The fraction of sp³-hybridized carbons (Fsp3) is 0.783. The van der Waals surface area contributed by atoms with E-state index in [-0.39, 0.29) is 5.97 Å². The number of hydrogen-bond acceptors (Lipinski definition) is 6. The second kappa shape index (κ2) is 21.9. The fourth-order valence-electron chi connectivity index (χ4n) is 2.92. The molecule has 0 bridgehead atoms. The summed E-state index contributed by atoms with van der Waals surface area (Å²) < 4.78 is 33.3. The Kier molecular flexibility index (Phi) is 22.0. The minimum Gasteiger partial charge on any atom is -0.481 e. The minimum atomic E-state index is -4.84. The van der Waals surface area contributed by atoms with Crippen LogP contribution in [0.15, 0.2) is 12.2 Å². The van der Waals surface area contributed by atoms with Crippen LogP contribution in [-0.2, 0) is 29.2 Å². The zero-order valence-corrected chi connectivity index (χ0v) is 20.9. The SMILES string of the molecule is CCCCCCCC/C=C\CCCCCCCC(=O)OC.O=C(O)CC(C(=O)O)S(=O)(=O)O. The van der Waals surface area contributed by atoms with Gasteiger partial charge in [0.15, 0.2) is 5.25 Å². The number of allylic oxidation sites excluding steroid dienone is 2. The molecule has 1 atom stereocenters. The molecule has 0 aliphatic rings. The van der Waals surface area contributed by atoms with Gasteiger partial charge in [-0.15, -0.1) is 0 Å². The van der Waals surface area contributed by atoms with Crippen molar-refractivity contribution in [2.75, 3.05) is 7.11 Å². The van der Waals surface area contributed by atoms with E-state index in [1.54, 1.807) is 0 Å². The topological polar surface area (TPSA) is 155 Å². The normalized spacial score (nSPS) is 12.1. The summed E-state index contributed by atoms with van der Waals surface area (Å²) in [4.78, 5) is 30.9. The Balaban J connectivity index is 0. The lowest BCUT2D eigenvalue weighted by molar-refractivity contribution is -0.143. The molecule has 0 aromatic carbocycles. The van der Waals surface area contributed by atoms with Crippen LogP contribution >= 0.6 is 0 Å². The van der Waals surface area contributed by atoms with Gasteiger partial charge in [0.25, 0.3) is 10.1 Å². The van der Waals surface area contributed by atoms with Crippen molar-refractivity contribution in [3.05, 3.63) is 12.2 Å². The quantitative estimate of drug-likeness (QED) is 0.0973. The molecular formula is C23H42O9S. The molecule has 0 aromatic heterocycles. The van der Waals surface area contributed by atoms with Crippen LogP contribution in [0.1, 0.15) is 103 Å². The maximum Gasteiger partial charge on any atom is 0.325 e. The molecule has 10 heteroatoms. The Hall–Kier alpha value is -1.94. The summed E-state index contributed by atoms with van der Waals surface area (Å²) in [5, 5.41) is 13.9.